The average molecular weight is 300 g/mol. The van der Waals surface area contributed by atoms with E-state index >= 15 is 0 Å². The summed E-state index contributed by atoms with van der Waals surface area (Å²) < 4.78 is 5.61. The molecule has 0 amide bonds. The number of nitrogens with zero attached hydrogens (tertiary/aromatic N) is 2. The number of hydrogen-bond acceptors (Lipinski definition) is 6. The van der Waals surface area contributed by atoms with Crippen LogP contribution in [0.2, 0.25) is 0 Å². The largest absolute Gasteiger partial charge is 0.388 e. The average Bonchev–Trinajstić information content (AvgIpc) is 3.04. The van der Waals surface area contributed by atoms with Crippen LogP contribution in [-0.2, 0) is 4.74 Å². The van der Waals surface area contributed by atoms with Gasteiger partial charge in [0.15, 0.2) is 5.00 Å². The molecule has 0 bridgehead atoms. The van der Waals surface area contributed by atoms with E-state index in [4.69, 9.17) is 4.74 Å². The molecule has 1 aromatic rings. The Hall–Kier alpha value is -1.18. The normalized spacial score (nSPS) is 20.1. The fourth-order valence-corrected chi connectivity index (χ4v) is 3.48. The second-order valence-corrected chi connectivity index (χ2v) is 6.01. The first-order valence-electron chi connectivity index (χ1n) is 6.85. The summed E-state index contributed by atoms with van der Waals surface area (Å²) in [5.74, 6) is 0. The number of anilines is 1. The minimum atomic E-state index is -0.686. The number of nitro groups is 1. The zero-order valence-electron chi connectivity index (χ0n) is 11.7. The highest BCUT2D eigenvalue weighted by molar-refractivity contribution is 7.16. The molecule has 112 valence electrons. The van der Waals surface area contributed by atoms with E-state index in [2.05, 4.69) is 0 Å². The number of ether oxygens (including phenoxy) is 1. The van der Waals surface area contributed by atoms with Crippen molar-refractivity contribution in [2.75, 3.05) is 24.6 Å². The summed E-state index contributed by atoms with van der Waals surface area (Å²) in [5.41, 5.74) is 0.0748. The number of thiophene rings is 1. The summed E-state index contributed by atoms with van der Waals surface area (Å²) in [4.78, 5) is 13.4. The topological polar surface area (TPSA) is 75.8 Å². The van der Waals surface area contributed by atoms with Crippen LogP contribution >= 0.6 is 11.3 Å². The van der Waals surface area contributed by atoms with E-state index in [1.807, 2.05) is 11.8 Å². The van der Waals surface area contributed by atoms with Crippen molar-refractivity contribution < 1.29 is 14.8 Å². The molecule has 0 spiro atoms. The van der Waals surface area contributed by atoms with Crippen LogP contribution in [0.1, 0.15) is 37.7 Å². The Labute approximate surface area is 122 Å². The Balaban J connectivity index is 2.24. The van der Waals surface area contributed by atoms with Gasteiger partial charge in [-0.15, -0.1) is 11.3 Å². The summed E-state index contributed by atoms with van der Waals surface area (Å²) in [6, 6.07) is 1.48. The van der Waals surface area contributed by atoms with Crippen LogP contribution in [0.4, 0.5) is 10.7 Å². The van der Waals surface area contributed by atoms with Gasteiger partial charge in [-0.1, -0.05) is 0 Å². The molecule has 1 saturated heterocycles. The Morgan fingerprint density at radius 1 is 1.70 bits per heavy atom. The van der Waals surface area contributed by atoms with Gasteiger partial charge in [-0.25, -0.2) is 0 Å². The predicted octanol–water partition coefficient (Wildman–Crippen LogP) is 2.71. The van der Waals surface area contributed by atoms with E-state index < -0.39 is 6.10 Å². The van der Waals surface area contributed by atoms with Gasteiger partial charge in [-0.2, -0.15) is 0 Å². The zero-order valence-corrected chi connectivity index (χ0v) is 12.6. The lowest BCUT2D eigenvalue weighted by atomic mass is 10.2. The molecule has 2 heterocycles. The number of aliphatic hydroxyl groups is 1. The fourth-order valence-electron chi connectivity index (χ4n) is 2.34. The quantitative estimate of drug-likeness (QED) is 0.645. The maximum Gasteiger partial charge on any atom is 0.304 e. The molecule has 0 aromatic carbocycles. The van der Waals surface area contributed by atoms with Crippen molar-refractivity contribution in [2.45, 2.75) is 38.9 Å². The van der Waals surface area contributed by atoms with Gasteiger partial charge in [-0.3, -0.25) is 10.1 Å². The third-order valence-corrected chi connectivity index (χ3v) is 4.79. The van der Waals surface area contributed by atoms with Crippen LogP contribution in [0.3, 0.4) is 0 Å². The summed E-state index contributed by atoms with van der Waals surface area (Å²) in [5, 5.41) is 21.4. The summed E-state index contributed by atoms with van der Waals surface area (Å²) >= 11 is 1.29. The molecule has 2 rings (SSSR count). The molecule has 0 aliphatic carbocycles. The van der Waals surface area contributed by atoms with Crippen molar-refractivity contribution in [2.24, 2.45) is 0 Å². The molecule has 1 aromatic heterocycles. The molecule has 20 heavy (non-hydrogen) atoms. The summed E-state index contributed by atoms with van der Waals surface area (Å²) in [6.45, 7) is 5.71. The van der Waals surface area contributed by atoms with Gasteiger partial charge in [0.05, 0.1) is 17.1 Å². The van der Waals surface area contributed by atoms with Gasteiger partial charge in [0.2, 0.25) is 0 Å². The first kappa shape index (κ1) is 15.2. The highest BCUT2D eigenvalue weighted by Crippen LogP contribution is 2.40. The van der Waals surface area contributed by atoms with E-state index in [9.17, 15) is 15.2 Å². The van der Waals surface area contributed by atoms with Crippen molar-refractivity contribution in [3.8, 4) is 0 Å². The second kappa shape index (κ2) is 6.51. The molecule has 0 saturated carbocycles. The number of likely N-dealkylation sites (N-methyl/N-ethyl adjacent to an activating group) is 1. The van der Waals surface area contributed by atoms with Gasteiger partial charge < -0.3 is 14.7 Å². The van der Waals surface area contributed by atoms with Crippen LogP contribution in [0, 0.1) is 10.1 Å². The van der Waals surface area contributed by atoms with Crippen LogP contribution < -0.4 is 4.90 Å². The molecule has 1 aliphatic rings. The van der Waals surface area contributed by atoms with Gasteiger partial charge in [0.1, 0.15) is 0 Å². The van der Waals surface area contributed by atoms with Crippen LogP contribution in [-0.4, -0.2) is 35.8 Å². The van der Waals surface area contributed by atoms with Crippen LogP contribution in [0.15, 0.2) is 6.07 Å². The first-order valence-corrected chi connectivity index (χ1v) is 7.67. The molecule has 1 N–H and O–H groups in total. The van der Waals surface area contributed by atoms with Crippen molar-refractivity contribution in [1.29, 1.82) is 0 Å². The highest BCUT2D eigenvalue weighted by Gasteiger charge is 2.27. The lowest BCUT2D eigenvalue weighted by Gasteiger charge is -2.23. The van der Waals surface area contributed by atoms with E-state index in [0.717, 1.165) is 19.4 Å². The minimum absolute atomic E-state index is 0.0748. The monoisotopic (exact) mass is 300 g/mol. The van der Waals surface area contributed by atoms with Gasteiger partial charge >= 0.3 is 5.69 Å². The number of rotatable bonds is 6. The standard InChI is InChI=1S/C13H20N2O4S/c1-3-14(8-10-5-4-6-19-10)13-11(15(17)18)7-12(20-13)9(2)16/h7,9-10,16H,3-6,8H2,1-2H3. The van der Waals surface area contributed by atoms with E-state index in [1.165, 1.54) is 17.4 Å². The Morgan fingerprint density at radius 3 is 2.95 bits per heavy atom. The van der Waals surface area contributed by atoms with Gasteiger partial charge in [0, 0.05) is 30.6 Å². The van der Waals surface area contributed by atoms with Gasteiger partial charge in [-0.05, 0) is 26.7 Å². The van der Waals surface area contributed by atoms with E-state index in [1.54, 1.807) is 6.92 Å². The van der Waals surface area contributed by atoms with Crippen LogP contribution in [0.25, 0.3) is 0 Å². The number of aliphatic hydroxyl groups excluding tert-OH is 1. The SMILES string of the molecule is CCN(CC1CCCO1)c1sc(C(C)O)cc1[N+](=O)[O-]. The maximum atomic E-state index is 11.2. The zero-order chi connectivity index (χ0) is 14.7. The Bertz CT molecular complexity index is 469. The molecule has 0 radical (unpaired) electrons. The molecule has 6 nitrogen and oxygen atoms in total. The van der Waals surface area contributed by atoms with E-state index in [-0.39, 0.29) is 16.7 Å². The van der Waals surface area contributed by atoms with Crippen molar-refractivity contribution >= 4 is 22.0 Å². The van der Waals surface area contributed by atoms with Crippen molar-refractivity contribution in [3.05, 3.63) is 21.1 Å². The van der Waals surface area contributed by atoms with Crippen LogP contribution in [0.5, 0.6) is 0 Å². The molecular weight excluding hydrogens is 280 g/mol. The van der Waals surface area contributed by atoms with Crippen molar-refractivity contribution in [3.63, 3.8) is 0 Å². The Kier molecular flexibility index (Phi) is 4.95. The first-order chi connectivity index (χ1) is 9.52. The smallest absolute Gasteiger partial charge is 0.304 e. The van der Waals surface area contributed by atoms with Gasteiger partial charge in [0.25, 0.3) is 0 Å². The molecule has 2 atom stereocenters. The van der Waals surface area contributed by atoms with E-state index in [0.29, 0.717) is 23.0 Å². The molecule has 1 fully saturated rings. The highest BCUT2D eigenvalue weighted by atomic mass is 32.1. The molecule has 1 aliphatic heterocycles. The summed E-state index contributed by atoms with van der Waals surface area (Å²) in [7, 11) is 0. The molecule has 2 unspecified atom stereocenters. The third kappa shape index (κ3) is 3.28. The lowest BCUT2D eigenvalue weighted by Crippen LogP contribution is -2.31. The molecular formula is C13H20N2O4S. The predicted molar refractivity (Wildman–Crippen MR) is 78.5 cm³/mol. The molecule has 7 heteroatoms. The fraction of sp³-hybridized carbons (Fsp3) is 0.692. The second-order valence-electron chi connectivity index (χ2n) is 4.95. The maximum absolute atomic E-state index is 11.2. The minimum Gasteiger partial charge on any atom is -0.388 e. The third-order valence-electron chi connectivity index (χ3n) is 3.44. The lowest BCUT2D eigenvalue weighted by molar-refractivity contribution is -0.383. The van der Waals surface area contributed by atoms with Crippen molar-refractivity contribution in [1.82, 2.24) is 0 Å². The summed E-state index contributed by atoms with van der Waals surface area (Å²) in [6.07, 6.45) is 1.51. The Morgan fingerprint density at radius 2 is 2.45 bits per heavy atom. The number of hydrogen-bond donors (Lipinski definition) is 1.